The van der Waals surface area contributed by atoms with Gasteiger partial charge in [-0.3, -0.25) is 9.69 Å². The zero-order valence-electron chi connectivity index (χ0n) is 24.7. The number of hydrogen-bond acceptors (Lipinski definition) is 3. The van der Waals surface area contributed by atoms with Gasteiger partial charge >= 0.3 is 18.4 Å². The maximum Gasteiger partial charge on any atom is 0.416 e. The molecule has 0 radical (unpaired) electrons. The van der Waals surface area contributed by atoms with E-state index in [1.165, 1.54) is 31.2 Å². The van der Waals surface area contributed by atoms with Crippen LogP contribution in [0.1, 0.15) is 68.8 Å². The number of likely N-dealkylation sites (tertiary alicyclic amines) is 1. The van der Waals surface area contributed by atoms with E-state index in [0.717, 1.165) is 24.3 Å². The minimum atomic E-state index is -4.53. The molecule has 2 aromatic rings. The maximum absolute atomic E-state index is 13.5. The molecule has 1 atom stereocenters. The van der Waals surface area contributed by atoms with Gasteiger partial charge in [-0.1, -0.05) is 45.0 Å². The van der Waals surface area contributed by atoms with E-state index < -0.39 is 34.9 Å². The lowest BCUT2D eigenvalue weighted by atomic mass is 9.83. The Morgan fingerprint density at radius 1 is 0.767 bits per heavy atom. The molecule has 0 unspecified atom stereocenters. The van der Waals surface area contributed by atoms with Gasteiger partial charge in [0.25, 0.3) is 0 Å². The molecule has 43 heavy (non-hydrogen) atoms. The van der Waals surface area contributed by atoms with Crippen LogP contribution in [0.25, 0.3) is 0 Å². The molecule has 0 bridgehead atoms. The van der Waals surface area contributed by atoms with Crippen LogP contribution in [0.4, 0.5) is 31.1 Å². The number of rotatable bonds is 4. The predicted octanol–water partition coefficient (Wildman–Crippen LogP) is 6.57. The molecule has 0 aliphatic carbocycles. The zero-order valence-corrected chi connectivity index (χ0v) is 24.7. The fraction of sp³-hybridized carbons (Fsp3) is 0.548. The van der Waals surface area contributed by atoms with Crippen LogP contribution >= 0.6 is 0 Å². The monoisotopic (exact) mass is 612 g/mol. The number of amides is 3. The first kappa shape index (κ1) is 32.6. The Balaban J connectivity index is 1.60. The number of hydrogen-bond donors (Lipinski definition) is 1. The van der Waals surface area contributed by atoms with Crippen molar-refractivity contribution in [3.05, 3.63) is 70.8 Å². The van der Waals surface area contributed by atoms with Gasteiger partial charge in [0.05, 0.1) is 23.2 Å². The van der Waals surface area contributed by atoms with Gasteiger partial charge in [0.2, 0.25) is 5.91 Å². The van der Waals surface area contributed by atoms with Crippen molar-refractivity contribution in [2.45, 2.75) is 71.0 Å². The molecule has 3 amide bonds. The second kappa shape index (κ2) is 12.4. The van der Waals surface area contributed by atoms with Crippen LogP contribution < -0.4 is 5.32 Å². The molecule has 2 aliphatic rings. The summed E-state index contributed by atoms with van der Waals surface area (Å²) in [5.74, 6) is 0.00402. The number of piperazine rings is 1. The number of halogens is 6. The number of urea groups is 1. The normalized spacial score (nSPS) is 19.6. The van der Waals surface area contributed by atoms with Crippen molar-refractivity contribution in [2.24, 2.45) is 5.41 Å². The average molecular weight is 613 g/mol. The third-order valence-corrected chi connectivity index (χ3v) is 8.41. The minimum Gasteiger partial charge on any atom is -0.343 e. The van der Waals surface area contributed by atoms with E-state index in [9.17, 15) is 35.9 Å². The van der Waals surface area contributed by atoms with Crippen LogP contribution in [-0.4, -0.2) is 71.4 Å². The van der Waals surface area contributed by atoms with Crippen molar-refractivity contribution in [1.29, 1.82) is 0 Å². The number of nitrogens with zero attached hydrogens (tertiary/aromatic N) is 3. The number of piperidine rings is 1. The highest BCUT2D eigenvalue weighted by molar-refractivity contribution is 5.75. The molecule has 6 nitrogen and oxygen atoms in total. The quantitative estimate of drug-likeness (QED) is 0.398. The Hall–Kier alpha value is -3.28. The van der Waals surface area contributed by atoms with Crippen molar-refractivity contribution in [3.8, 4) is 0 Å². The summed E-state index contributed by atoms with van der Waals surface area (Å²) < 4.78 is 79.8. The topological polar surface area (TPSA) is 55.9 Å². The van der Waals surface area contributed by atoms with E-state index in [1.807, 2.05) is 25.7 Å². The lowest BCUT2D eigenvalue weighted by molar-refractivity contribution is -0.138. The van der Waals surface area contributed by atoms with Gasteiger partial charge in [-0.25, -0.2) is 4.79 Å². The van der Waals surface area contributed by atoms with Gasteiger partial charge in [0.1, 0.15) is 0 Å². The van der Waals surface area contributed by atoms with Crippen LogP contribution in [0, 0.1) is 5.41 Å². The molecular formula is C31H38F6N4O2. The molecule has 2 fully saturated rings. The Labute approximate surface area is 248 Å². The van der Waals surface area contributed by atoms with Crippen LogP contribution in [0.2, 0.25) is 0 Å². The maximum atomic E-state index is 13.5. The number of benzene rings is 2. The molecule has 0 saturated carbocycles. The zero-order chi connectivity index (χ0) is 31.7. The minimum absolute atomic E-state index is 0.00402. The molecule has 2 aliphatic heterocycles. The third kappa shape index (κ3) is 7.82. The first-order chi connectivity index (χ1) is 19.9. The molecule has 4 rings (SSSR count). The van der Waals surface area contributed by atoms with Gasteiger partial charge in [0.15, 0.2) is 0 Å². The smallest absolute Gasteiger partial charge is 0.343 e. The van der Waals surface area contributed by atoms with Crippen molar-refractivity contribution in [1.82, 2.24) is 20.0 Å². The summed E-state index contributed by atoms with van der Waals surface area (Å²) >= 11 is 0. The highest BCUT2D eigenvalue weighted by atomic mass is 19.4. The lowest BCUT2D eigenvalue weighted by Gasteiger charge is -2.49. The molecule has 0 spiro atoms. The SMILES string of the molecule is CC(=O)N1CCC(NC(=O)N2CCN(C(c3ccc(C(F)(F)F)cc3)c3ccc(C(F)(F)F)cc3)C[C@@H]2C(C)(C)C)CC1. The van der Waals surface area contributed by atoms with Crippen molar-refractivity contribution in [2.75, 3.05) is 32.7 Å². The molecule has 12 heteroatoms. The van der Waals surface area contributed by atoms with Gasteiger partial charge in [-0.15, -0.1) is 0 Å². The van der Waals surface area contributed by atoms with E-state index >= 15 is 0 Å². The Bertz CT molecular complexity index is 1210. The molecule has 2 saturated heterocycles. The van der Waals surface area contributed by atoms with E-state index in [2.05, 4.69) is 5.32 Å². The molecule has 2 heterocycles. The summed E-state index contributed by atoms with van der Waals surface area (Å²) in [7, 11) is 0. The Kier molecular flexibility index (Phi) is 9.39. The highest BCUT2D eigenvalue weighted by Gasteiger charge is 2.41. The first-order valence-electron chi connectivity index (χ1n) is 14.4. The number of alkyl halides is 6. The van der Waals surface area contributed by atoms with Crippen molar-refractivity contribution < 1.29 is 35.9 Å². The highest BCUT2D eigenvalue weighted by Crippen LogP contribution is 2.38. The van der Waals surface area contributed by atoms with Crippen LogP contribution in [0.5, 0.6) is 0 Å². The van der Waals surface area contributed by atoms with Crippen LogP contribution in [0.15, 0.2) is 48.5 Å². The summed E-state index contributed by atoms with van der Waals surface area (Å²) in [4.78, 5) is 30.7. The largest absolute Gasteiger partial charge is 0.416 e. The van der Waals surface area contributed by atoms with Gasteiger partial charge in [0, 0.05) is 45.7 Å². The third-order valence-electron chi connectivity index (χ3n) is 8.41. The lowest BCUT2D eigenvalue weighted by Crippen LogP contribution is -2.63. The summed E-state index contributed by atoms with van der Waals surface area (Å²) in [5, 5.41) is 3.12. The molecular weight excluding hydrogens is 574 g/mol. The Morgan fingerprint density at radius 3 is 1.63 bits per heavy atom. The molecule has 236 valence electrons. The summed E-state index contributed by atoms with van der Waals surface area (Å²) in [6.45, 7) is 9.68. The second-order valence-corrected chi connectivity index (χ2v) is 12.4. The summed E-state index contributed by atoms with van der Waals surface area (Å²) in [6, 6.07) is 8.16. The number of carbonyl (C=O) groups is 2. The van der Waals surface area contributed by atoms with Crippen LogP contribution in [-0.2, 0) is 17.1 Å². The fourth-order valence-electron chi connectivity index (χ4n) is 5.94. The van der Waals surface area contributed by atoms with Gasteiger partial charge in [-0.05, 0) is 53.6 Å². The predicted molar refractivity (Wildman–Crippen MR) is 150 cm³/mol. The molecule has 1 N–H and O–H groups in total. The number of nitrogens with one attached hydrogen (secondary N) is 1. The van der Waals surface area contributed by atoms with E-state index in [1.54, 1.807) is 9.80 Å². The van der Waals surface area contributed by atoms with Crippen LogP contribution in [0.3, 0.4) is 0 Å². The van der Waals surface area contributed by atoms with Gasteiger partial charge < -0.3 is 15.1 Å². The van der Waals surface area contributed by atoms with E-state index in [0.29, 0.717) is 56.7 Å². The molecule has 0 aromatic heterocycles. The Morgan fingerprint density at radius 2 is 1.23 bits per heavy atom. The first-order valence-corrected chi connectivity index (χ1v) is 14.4. The van der Waals surface area contributed by atoms with Crippen molar-refractivity contribution >= 4 is 11.9 Å². The molecule has 2 aromatic carbocycles. The number of carbonyl (C=O) groups excluding carboxylic acids is 2. The summed E-state index contributed by atoms with van der Waals surface area (Å²) in [6.07, 6.45) is -7.76. The second-order valence-electron chi connectivity index (χ2n) is 12.4. The van der Waals surface area contributed by atoms with Crippen molar-refractivity contribution in [3.63, 3.8) is 0 Å². The standard InChI is InChI=1S/C31H38F6N4O2/c1-20(42)39-15-13-25(14-16-39)38-28(43)41-18-17-40(19-26(41)29(2,3)4)27(21-5-9-23(10-6-21)30(32,33)34)22-7-11-24(12-8-22)31(35,36)37/h5-12,25-27H,13-19H2,1-4H3,(H,38,43)/t26-/m1/s1. The van der Waals surface area contributed by atoms with Gasteiger partial charge in [-0.2, -0.15) is 26.3 Å². The van der Waals surface area contributed by atoms with E-state index in [4.69, 9.17) is 0 Å². The average Bonchev–Trinajstić information content (AvgIpc) is 2.92. The van der Waals surface area contributed by atoms with E-state index in [-0.39, 0.29) is 24.0 Å². The summed E-state index contributed by atoms with van der Waals surface area (Å²) in [5.41, 5.74) is -0.999. The fourth-order valence-corrected chi connectivity index (χ4v) is 5.94.